The summed E-state index contributed by atoms with van der Waals surface area (Å²) >= 11 is 0. The molecular weight excluding hydrogens is 324 g/mol. The van der Waals surface area contributed by atoms with Crippen molar-refractivity contribution in [3.63, 3.8) is 0 Å². The molecule has 0 spiro atoms. The lowest BCUT2D eigenvalue weighted by atomic mass is 10.2. The first kappa shape index (κ1) is 17.2. The molecule has 0 saturated heterocycles. The summed E-state index contributed by atoms with van der Waals surface area (Å²) in [6.07, 6.45) is 9.22. The molecular formula is C17H26N4O2S. The quantitative estimate of drug-likeness (QED) is 0.739. The third-order valence-electron chi connectivity index (χ3n) is 4.63. The van der Waals surface area contributed by atoms with Gasteiger partial charge in [0.1, 0.15) is 21.2 Å². The fourth-order valence-corrected chi connectivity index (χ4v) is 3.88. The molecule has 2 heterocycles. The van der Waals surface area contributed by atoms with Gasteiger partial charge in [0.25, 0.3) is 0 Å². The molecule has 1 saturated carbocycles. The minimum absolute atomic E-state index is 0.266. The van der Waals surface area contributed by atoms with Crippen LogP contribution in [0.3, 0.4) is 0 Å². The van der Waals surface area contributed by atoms with Crippen LogP contribution in [0.1, 0.15) is 43.5 Å². The van der Waals surface area contributed by atoms with Crippen LogP contribution >= 0.6 is 0 Å². The van der Waals surface area contributed by atoms with Crippen molar-refractivity contribution in [1.29, 1.82) is 0 Å². The number of sulfone groups is 1. The molecule has 7 heteroatoms. The second kappa shape index (κ2) is 6.70. The lowest BCUT2D eigenvalue weighted by molar-refractivity contribution is 0.571. The largest absolute Gasteiger partial charge is 0.382 e. The van der Waals surface area contributed by atoms with E-state index in [4.69, 9.17) is 10.7 Å². The van der Waals surface area contributed by atoms with E-state index in [0.29, 0.717) is 12.2 Å². The summed E-state index contributed by atoms with van der Waals surface area (Å²) in [4.78, 5) is 9.00. The van der Waals surface area contributed by atoms with Crippen molar-refractivity contribution in [2.24, 2.45) is 5.92 Å². The average molecular weight is 350 g/mol. The van der Waals surface area contributed by atoms with Crippen molar-refractivity contribution < 1.29 is 8.42 Å². The molecule has 1 aliphatic carbocycles. The molecule has 132 valence electrons. The van der Waals surface area contributed by atoms with Crippen LogP contribution in [0.2, 0.25) is 0 Å². The Labute approximate surface area is 143 Å². The predicted octanol–water partition coefficient (Wildman–Crippen LogP) is 2.49. The Balaban J connectivity index is 1.78. The highest BCUT2D eigenvalue weighted by atomic mass is 32.2. The third kappa shape index (κ3) is 4.06. The van der Waals surface area contributed by atoms with Gasteiger partial charge in [0, 0.05) is 31.2 Å². The van der Waals surface area contributed by atoms with Crippen LogP contribution in [0.15, 0.2) is 6.20 Å². The highest BCUT2D eigenvalue weighted by Crippen LogP contribution is 2.34. The molecule has 0 radical (unpaired) electrons. The minimum atomic E-state index is -2.87. The topological polar surface area (TPSA) is 90.9 Å². The van der Waals surface area contributed by atoms with Crippen molar-refractivity contribution in [2.45, 2.75) is 52.0 Å². The Kier molecular flexibility index (Phi) is 4.80. The Hall–Kier alpha value is -1.63. The van der Waals surface area contributed by atoms with Gasteiger partial charge < -0.3 is 10.3 Å². The normalized spacial score (nSPS) is 15.2. The number of nitrogens with zero attached hydrogens (tertiary/aromatic N) is 3. The highest BCUT2D eigenvalue weighted by molar-refractivity contribution is 7.90. The first-order valence-corrected chi connectivity index (χ1v) is 10.7. The van der Waals surface area contributed by atoms with Gasteiger partial charge in [-0.2, -0.15) is 0 Å². The van der Waals surface area contributed by atoms with Gasteiger partial charge in [0.15, 0.2) is 5.82 Å². The third-order valence-corrected chi connectivity index (χ3v) is 5.66. The van der Waals surface area contributed by atoms with Crippen LogP contribution < -0.4 is 5.73 Å². The van der Waals surface area contributed by atoms with Gasteiger partial charge in [-0.15, -0.1) is 0 Å². The van der Waals surface area contributed by atoms with Crippen molar-refractivity contribution >= 4 is 26.7 Å². The zero-order chi connectivity index (χ0) is 17.3. The fraction of sp³-hybridized carbons (Fsp3) is 0.647. The molecule has 3 rings (SSSR count). The number of hydrogen-bond acceptors (Lipinski definition) is 5. The number of hydrogen-bond donors (Lipinski definition) is 1. The number of rotatable bonds is 8. The Morgan fingerprint density at radius 2 is 2.04 bits per heavy atom. The summed E-state index contributed by atoms with van der Waals surface area (Å²) in [6.45, 7) is 2.89. The van der Waals surface area contributed by atoms with Crippen LogP contribution in [-0.4, -0.2) is 35.0 Å². The Morgan fingerprint density at radius 1 is 1.29 bits per heavy atom. The Bertz CT molecular complexity index is 838. The van der Waals surface area contributed by atoms with E-state index in [0.717, 1.165) is 54.1 Å². The maximum atomic E-state index is 11.2. The van der Waals surface area contributed by atoms with Gasteiger partial charge in [-0.05, 0) is 44.1 Å². The maximum absolute atomic E-state index is 11.2. The molecule has 2 aromatic rings. The fourth-order valence-electron chi connectivity index (χ4n) is 3.15. The van der Waals surface area contributed by atoms with Gasteiger partial charge in [0.05, 0.1) is 5.52 Å². The molecule has 1 aliphatic rings. The molecule has 0 aliphatic heterocycles. The highest BCUT2D eigenvalue weighted by Gasteiger charge is 2.25. The van der Waals surface area contributed by atoms with Crippen molar-refractivity contribution in [1.82, 2.24) is 14.5 Å². The molecule has 0 bridgehead atoms. The molecule has 0 unspecified atom stereocenters. The molecule has 2 N–H and O–H groups in total. The van der Waals surface area contributed by atoms with Gasteiger partial charge in [-0.3, -0.25) is 0 Å². The van der Waals surface area contributed by atoms with Crippen LogP contribution in [0, 0.1) is 12.8 Å². The zero-order valence-electron chi connectivity index (χ0n) is 14.5. The number of imidazole rings is 1. The summed E-state index contributed by atoms with van der Waals surface area (Å²) in [7, 11) is -2.87. The van der Waals surface area contributed by atoms with Crippen LogP contribution in [-0.2, 0) is 22.8 Å². The van der Waals surface area contributed by atoms with Gasteiger partial charge >= 0.3 is 0 Å². The molecule has 0 aromatic carbocycles. The molecule has 0 amide bonds. The second-order valence-electron chi connectivity index (χ2n) is 7.04. The van der Waals surface area contributed by atoms with Crippen LogP contribution in [0.4, 0.5) is 5.82 Å². The van der Waals surface area contributed by atoms with Crippen LogP contribution in [0.5, 0.6) is 0 Å². The van der Waals surface area contributed by atoms with Gasteiger partial charge in [0.2, 0.25) is 0 Å². The van der Waals surface area contributed by atoms with E-state index in [-0.39, 0.29) is 5.75 Å². The van der Waals surface area contributed by atoms with E-state index in [2.05, 4.69) is 9.55 Å². The number of nitrogens with two attached hydrogens (primary N) is 1. The summed E-state index contributed by atoms with van der Waals surface area (Å²) < 4.78 is 24.7. The van der Waals surface area contributed by atoms with Gasteiger partial charge in [-0.1, -0.05) is 6.42 Å². The summed E-state index contributed by atoms with van der Waals surface area (Å²) in [6, 6.07) is 0. The Morgan fingerprint density at radius 3 is 2.71 bits per heavy atom. The van der Waals surface area contributed by atoms with E-state index < -0.39 is 9.84 Å². The number of nitrogen functional groups attached to an aromatic ring is 1. The van der Waals surface area contributed by atoms with E-state index in [1.807, 2.05) is 6.92 Å². The molecule has 24 heavy (non-hydrogen) atoms. The van der Waals surface area contributed by atoms with E-state index >= 15 is 0 Å². The van der Waals surface area contributed by atoms with Crippen LogP contribution in [0.25, 0.3) is 11.0 Å². The predicted molar refractivity (Wildman–Crippen MR) is 96.7 cm³/mol. The lowest BCUT2D eigenvalue weighted by Gasteiger charge is -2.10. The monoisotopic (exact) mass is 350 g/mol. The number of pyridine rings is 1. The molecule has 0 atom stereocenters. The number of unbranched alkanes of at least 4 members (excludes halogenated alkanes) is 2. The van der Waals surface area contributed by atoms with Crippen molar-refractivity contribution in [3.05, 3.63) is 17.6 Å². The minimum Gasteiger partial charge on any atom is -0.382 e. The van der Waals surface area contributed by atoms with E-state index in [1.165, 1.54) is 19.1 Å². The standard InChI is InChI=1S/C17H26N4O2S/c1-12-11-19-17(18)15-16(12)21(14(20-15)10-13-6-7-13)8-4-3-5-9-24(2,22)23/h11,13H,3-10H2,1-2H3,(H2,18,19). The first-order chi connectivity index (χ1) is 11.3. The average Bonchev–Trinajstić information content (AvgIpc) is 3.23. The summed E-state index contributed by atoms with van der Waals surface area (Å²) in [5, 5.41) is 0. The van der Waals surface area contributed by atoms with E-state index in [9.17, 15) is 8.42 Å². The number of fused-ring (bicyclic) bond motifs is 1. The smallest absolute Gasteiger partial charge is 0.151 e. The first-order valence-electron chi connectivity index (χ1n) is 8.63. The summed E-state index contributed by atoms with van der Waals surface area (Å²) in [5.41, 5.74) is 9.00. The summed E-state index contributed by atoms with van der Waals surface area (Å²) in [5.74, 6) is 2.60. The zero-order valence-corrected chi connectivity index (χ0v) is 15.3. The maximum Gasteiger partial charge on any atom is 0.151 e. The molecule has 2 aromatic heterocycles. The SMILES string of the molecule is Cc1cnc(N)c2nc(CC3CC3)n(CCCCCS(C)(=O)=O)c12. The molecule has 1 fully saturated rings. The van der Waals surface area contributed by atoms with Crippen molar-refractivity contribution in [2.75, 3.05) is 17.7 Å². The second-order valence-corrected chi connectivity index (χ2v) is 9.30. The molecule has 6 nitrogen and oxygen atoms in total. The number of aromatic nitrogens is 3. The number of anilines is 1. The van der Waals surface area contributed by atoms with Gasteiger partial charge in [-0.25, -0.2) is 18.4 Å². The van der Waals surface area contributed by atoms with Crippen molar-refractivity contribution in [3.8, 4) is 0 Å². The van der Waals surface area contributed by atoms with E-state index in [1.54, 1.807) is 6.20 Å². The lowest BCUT2D eigenvalue weighted by Crippen LogP contribution is -2.07. The number of aryl methyl sites for hydroxylation is 2.